The van der Waals surface area contributed by atoms with Crippen molar-refractivity contribution in [3.05, 3.63) is 28.5 Å². The van der Waals surface area contributed by atoms with Gasteiger partial charge < -0.3 is 20.2 Å². The van der Waals surface area contributed by atoms with Gasteiger partial charge in [-0.05, 0) is 53.0 Å². The number of piperidine rings is 1. The zero-order valence-corrected chi connectivity index (χ0v) is 25.4. The Labute approximate surface area is 245 Å². The van der Waals surface area contributed by atoms with Crippen LogP contribution in [0.1, 0.15) is 86.7 Å². The lowest BCUT2D eigenvalue weighted by Gasteiger charge is -2.33. The molecule has 8 nitrogen and oxygen atoms in total. The molecule has 0 saturated carbocycles. The highest BCUT2D eigenvalue weighted by molar-refractivity contribution is 7.17. The van der Waals surface area contributed by atoms with Crippen molar-refractivity contribution >= 4 is 29.0 Å². The minimum atomic E-state index is -5.04. The van der Waals surface area contributed by atoms with Crippen LogP contribution in [0.5, 0.6) is 0 Å². The first-order valence-corrected chi connectivity index (χ1v) is 14.3. The molecular formula is C27H37F6N5O3S. The minimum Gasteiger partial charge on any atom is -0.388 e. The molecule has 2 amide bonds. The second-order valence-corrected chi connectivity index (χ2v) is 11.4. The number of pyridine rings is 1. The van der Waals surface area contributed by atoms with Gasteiger partial charge >= 0.3 is 12.4 Å². The number of amides is 2. The fourth-order valence-electron chi connectivity index (χ4n) is 4.23. The first-order chi connectivity index (χ1) is 19.3. The molecule has 2 atom stereocenters. The number of nitrogens with one attached hydrogen (secondary N) is 1. The van der Waals surface area contributed by atoms with E-state index in [1.54, 1.807) is 13.8 Å². The highest BCUT2D eigenvalue weighted by Gasteiger charge is 2.39. The van der Waals surface area contributed by atoms with Crippen molar-refractivity contribution < 1.29 is 41.0 Å². The molecule has 0 radical (unpaired) electrons. The van der Waals surface area contributed by atoms with Crippen LogP contribution in [0.2, 0.25) is 0 Å². The average Bonchev–Trinajstić information content (AvgIpc) is 3.35. The highest BCUT2D eigenvalue weighted by atomic mass is 32.1. The zero-order chi connectivity index (χ0) is 32.2. The van der Waals surface area contributed by atoms with Gasteiger partial charge in [0.05, 0.1) is 22.1 Å². The van der Waals surface area contributed by atoms with Crippen LogP contribution in [-0.4, -0.2) is 80.7 Å². The van der Waals surface area contributed by atoms with Gasteiger partial charge in [-0.3, -0.25) is 9.59 Å². The van der Waals surface area contributed by atoms with Gasteiger partial charge in [-0.25, -0.2) is 9.97 Å². The van der Waals surface area contributed by atoms with E-state index in [4.69, 9.17) is 0 Å². The molecule has 1 aliphatic heterocycles. The molecule has 1 saturated heterocycles. The summed E-state index contributed by atoms with van der Waals surface area (Å²) in [5, 5.41) is 11.9. The zero-order valence-electron chi connectivity index (χ0n) is 24.6. The number of carbonyl (C=O) groups excluding carboxylic acids is 2. The Morgan fingerprint density at radius 3 is 2.33 bits per heavy atom. The Hall–Kier alpha value is -2.94. The standard InChI is InChI=1S/C25H31F6N5O3S.C2H6/c1-13-8-6-7-9-36(13)21(37)18-19(40-20(34-18)22(38)35(5)14(2)23(3,4)39)15-11-32-17(33-12-24(26,27)28)10-16(15)25(29,30)31;1-2/h10-11,13-14,39H,6-9,12H2,1-5H3,(H,32,33);1-2H3. The summed E-state index contributed by atoms with van der Waals surface area (Å²) in [5.74, 6) is -2.05. The lowest BCUT2D eigenvalue weighted by atomic mass is 9.99. The fraction of sp³-hybridized carbons (Fsp3) is 0.630. The lowest BCUT2D eigenvalue weighted by Crippen LogP contribution is -2.48. The number of alkyl halides is 6. The number of carbonyl (C=O) groups is 2. The van der Waals surface area contributed by atoms with Gasteiger partial charge in [0.25, 0.3) is 11.8 Å². The van der Waals surface area contributed by atoms with E-state index in [1.165, 1.54) is 30.7 Å². The monoisotopic (exact) mass is 625 g/mol. The number of likely N-dealkylation sites (tertiary alicyclic amines) is 1. The van der Waals surface area contributed by atoms with Crippen LogP contribution in [-0.2, 0) is 6.18 Å². The third kappa shape index (κ3) is 8.55. The summed E-state index contributed by atoms with van der Waals surface area (Å²) in [4.78, 5) is 37.2. The van der Waals surface area contributed by atoms with Crippen molar-refractivity contribution in [1.82, 2.24) is 19.8 Å². The Kier molecular flexibility index (Phi) is 11.4. The van der Waals surface area contributed by atoms with Crippen molar-refractivity contribution in [1.29, 1.82) is 0 Å². The molecule has 0 aliphatic carbocycles. The normalized spacial score (nSPS) is 16.8. The molecule has 0 bridgehead atoms. The van der Waals surface area contributed by atoms with Crippen molar-refractivity contribution in [3.8, 4) is 10.4 Å². The second kappa shape index (κ2) is 13.6. The average molecular weight is 626 g/mol. The predicted octanol–water partition coefficient (Wildman–Crippen LogP) is 6.47. The largest absolute Gasteiger partial charge is 0.417 e. The van der Waals surface area contributed by atoms with Crippen LogP contribution in [0.3, 0.4) is 0 Å². The van der Waals surface area contributed by atoms with Crippen molar-refractivity contribution in [2.75, 3.05) is 25.5 Å². The van der Waals surface area contributed by atoms with E-state index >= 15 is 0 Å². The molecular weight excluding hydrogens is 588 g/mol. The molecule has 1 aliphatic rings. The summed E-state index contributed by atoms with van der Waals surface area (Å²) in [6.45, 7) is 9.09. The molecule has 42 heavy (non-hydrogen) atoms. The molecule has 0 aromatic carbocycles. The fourth-order valence-corrected chi connectivity index (χ4v) is 5.30. The summed E-state index contributed by atoms with van der Waals surface area (Å²) in [7, 11) is 1.39. The van der Waals surface area contributed by atoms with Crippen molar-refractivity contribution in [2.45, 2.75) is 90.8 Å². The molecule has 0 spiro atoms. The van der Waals surface area contributed by atoms with Crippen LogP contribution >= 0.6 is 11.3 Å². The van der Waals surface area contributed by atoms with Gasteiger partial charge in [0.2, 0.25) is 0 Å². The van der Waals surface area contributed by atoms with Gasteiger partial charge in [-0.2, -0.15) is 26.3 Å². The number of nitrogens with zero attached hydrogens (tertiary/aromatic N) is 4. The Bertz CT molecular complexity index is 1240. The lowest BCUT2D eigenvalue weighted by molar-refractivity contribution is -0.137. The van der Waals surface area contributed by atoms with Crippen LogP contribution in [0.15, 0.2) is 12.3 Å². The van der Waals surface area contributed by atoms with Crippen molar-refractivity contribution in [3.63, 3.8) is 0 Å². The molecule has 2 aromatic heterocycles. The van der Waals surface area contributed by atoms with E-state index in [9.17, 15) is 41.0 Å². The van der Waals surface area contributed by atoms with Crippen LogP contribution < -0.4 is 5.32 Å². The number of rotatable bonds is 7. The summed E-state index contributed by atoms with van der Waals surface area (Å²) in [5.41, 5.74) is -3.63. The van der Waals surface area contributed by atoms with E-state index in [2.05, 4.69) is 9.97 Å². The molecule has 3 heterocycles. The highest BCUT2D eigenvalue weighted by Crippen LogP contribution is 2.42. The predicted molar refractivity (Wildman–Crippen MR) is 148 cm³/mol. The maximum atomic E-state index is 14.2. The SMILES string of the molecule is CC.CC1CCCCN1C(=O)c1nc(C(=O)N(C)C(C)C(C)(C)O)sc1-c1cnc(NCC(F)(F)F)cc1C(F)(F)F. The number of halogens is 6. The summed E-state index contributed by atoms with van der Waals surface area (Å²) in [6, 6.07) is -0.510. The number of aromatic nitrogens is 2. The molecule has 2 N–H and O–H groups in total. The quantitative estimate of drug-likeness (QED) is 0.343. The smallest absolute Gasteiger partial charge is 0.388 e. The Morgan fingerprint density at radius 1 is 1.19 bits per heavy atom. The van der Waals surface area contributed by atoms with E-state index in [0.29, 0.717) is 36.8 Å². The van der Waals surface area contributed by atoms with E-state index in [0.717, 1.165) is 12.6 Å². The van der Waals surface area contributed by atoms with Crippen molar-refractivity contribution in [2.24, 2.45) is 0 Å². The maximum absolute atomic E-state index is 14.2. The topological polar surface area (TPSA) is 98.7 Å². The third-order valence-corrected chi connectivity index (χ3v) is 8.00. The molecule has 236 valence electrons. The van der Waals surface area contributed by atoms with Crippen LogP contribution in [0.25, 0.3) is 10.4 Å². The van der Waals surface area contributed by atoms with E-state index < -0.39 is 59.3 Å². The number of hydrogen-bond acceptors (Lipinski definition) is 7. The molecule has 15 heteroatoms. The molecule has 2 aromatic rings. The van der Waals surface area contributed by atoms with Gasteiger partial charge in [-0.15, -0.1) is 11.3 Å². The Morgan fingerprint density at radius 2 is 1.81 bits per heavy atom. The van der Waals surface area contributed by atoms with Crippen LogP contribution in [0.4, 0.5) is 32.2 Å². The Balaban J connectivity index is 0.00000301. The molecule has 3 rings (SSSR count). The minimum absolute atomic E-state index is 0.220. The van der Waals surface area contributed by atoms with E-state index in [1.807, 2.05) is 19.2 Å². The summed E-state index contributed by atoms with van der Waals surface area (Å²) >= 11 is 0.553. The molecule has 1 fully saturated rings. The molecule has 2 unspecified atom stereocenters. The number of anilines is 1. The number of aliphatic hydroxyl groups is 1. The van der Waals surface area contributed by atoms with Gasteiger partial charge in [0.1, 0.15) is 18.1 Å². The van der Waals surface area contributed by atoms with E-state index in [-0.39, 0.29) is 21.6 Å². The van der Waals surface area contributed by atoms with Gasteiger partial charge in [0, 0.05) is 31.4 Å². The summed E-state index contributed by atoms with van der Waals surface area (Å²) in [6.07, 6.45) is -6.77. The van der Waals surface area contributed by atoms with Gasteiger partial charge in [-0.1, -0.05) is 13.8 Å². The summed E-state index contributed by atoms with van der Waals surface area (Å²) < 4.78 is 80.4. The van der Waals surface area contributed by atoms with Crippen LogP contribution in [0, 0.1) is 0 Å². The number of likely N-dealkylation sites (N-methyl/N-ethyl adjacent to an activating group) is 1. The first kappa shape index (κ1) is 35.3. The maximum Gasteiger partial charge on any atom is 0.417 e. The van der Waals surface area contributed by atoms with Gasteiger partial charge in [0.15, 0.2) is 5.01 Å². The second-order valence-electron chi connectivity index (χ2n) is 10.4. The third-order valence-electron chi connectivity index (χ3n) is 6.92. The first-order valence-electron chi connectivity index (χ1n) is 13.5. The number of hydrogen-bond donors (Lipinski definition) is 2. The number of thiazole rings is 1.